The molecule has 0 unspecified atom stereocenters. The van der Waals surface area contributed by atoms with E-state index in [-0.39, 0.29) is 5.95 Å². The molecule has 0 aliphatic carbocycles. The Bertz CT molecular complexity index is 500. The summed E-state index contributed by atoms with van der Waals surface area (Å²) in [6, 6.07) is 3.53. The number of nitrogens with two attached hydrogens (primary N) is 1. The number of anilines is 4. The van der Waals surface area contributed by atoms with Gasteiger partial charge in [-0.05, 0) is 12.5 Å². The van der Waals surface area contributed by atoms with Crippen molar-refractivity contribution in [2.24, 2.45) is 0 Å². The molecule has 94 valence electrons. The van der Waals surface area contributed by atoms with Gasteiger partial charge in [0.2, 0.25) is 5.95 Å². The van der Waals surface area contributed by atoms with Gasteiger partial charge in [-0.15, -0.1) is 0 Å². The Morgan fingerprint density at radius 3 is 2.78 bits per heavy atom. The number of aromatic nitrogens is 4. The molecule has 0 spiro atoms. The average Bonchev–Trinajstić information content (AvgIpc) is 2.37. The molecule has 0 saturated carbocycles. The van der Waals surface area contributed by atoms with Crippen molar-refractivity contribution in [1.29, 1.82) is 0 Å². The Balaban J connectivity index is 2.15. The van der Waals surface area contributed by atoms with Crippen LogP contribution in [0, 0.1) is 0 Å². The molecule has 2 aromatic rings. The molecule has 0 amide bonds. The first kappa shape index (κ1) is 12.0. The Hall–Kier alpha value is -2.44. The molecule has 4 N–H and O–H groups in total. The summed E-state index contributed by atoms with van der Waals surface area (Å²) in [6.45, 7) is 2.92. The summed E-state index contributed by atoms with van der Waals surface area (Å²) < 4.78 is 0. The molecule has 2 aromatic heterocycles. The van der Waals surface area contributed by atoms with Gasteiger partial charge < -0.3 is 16.4 Å². The largest absolute Gasteiger partial charge is 0.370 e. The molecule has 7 heteroatoms. The third kappa shape index (κ3) is 3.27. The fourth-order valence-corrected chi connectivity index (χ4v) is 1.37. The van der Waals surface area contributed by atoms with Crippen LogP contribution in [-0.4, -0.2) is 26.5 Å². The second kappa shape index (κ2) is 5.76. The van der Waals surface area contributed by atoms with Crippen LogP contribution in [0.5, 0.6) is 0 Å². The van der Waals surface area contributed by atoms with E-state index in [1.54, 1.807) is 18.3 Å². The van der Waals surface area contributed by atoms with Crippen LogP contribution >= 0.6 is 0 Å². The SMILES string of the molecule is CCCNc1cc(Nc2ccncn2)nc(N)n1. The van der Waals surface area contributed by atoms with Crippen molar-refractivity contribution in [3.63, 3.8) is 0 Å². The zero-order valence-corrected chi connectivity index (χ0v) is 10.1. The second-order valence-corrected chi connectivity index (χ2v) is 3.64. The average molecular weight is 245 g/mol. The van der Waals surface area contributed by atoms with Crippen molar-refractivity contribution in [1.82, 2.24) is 19.9 Å². The summed E-state index contributed by atoms with van der Waals surface area (Å²) in [5, 5.41) is 6.20. The normalized spacial score (nSPS) is 10.1. The highest BCUT2D eigenvalue weighted by atomic mass is 15.1. The zero-order valence-electron chi connectivity index (χ0n) is 10.1. The smallest absolute Gasteiger partial charge is 0.223 e. The van der Waals surface area contributed by atoms with E-state index < -0.39 is 0 Å². The fraction of sp³-hybridized carbons (Fsp3) is 0.273. The van der Waals surface area contributed by atoms with Crippen molar-refractivity contribution in [3.8, 4) is 0 Å². The molecular weight excluding hydrogens is 230 g/mol. The first-order chi connectivity index (χ1) is 8.78. The highest BCUT2D eigenvalue weighted by Crippen LogP contribution is 2.16. The molecule has 2 heterocycles. The molecule has 7 nitrogen and oxygen atoms in total. The van der Waals surface area contributed by atoms with E-state index in [1.165, 1.54) is 6.33 Å². The molecule has 2 rings (SSSR count). The Labute approximate surface area is 105 Å². The molecular formula is C11H15N7. The van der Waals surface area contributed by atoms with Gasteiger partial charge in [0.25, 0.3) is 0 Å². The monoisotopic (exact) mass is 245 g/mol. The lowest BCUT2D eigenvalue weighted by Crippen LogP contribution is -2.07. The van der Waals surface area contributed by atoms with E-state index in [4.69, 9.17) is 5.73 Å². The summed E-state index contributed by atoms with van der Waals surface area (Å²) >= 11 is 0. The van der Waals surface area contributed by atoms with Gasteiger partial charge in [0.15, 0.2) is 0 Å². The van der Waals surface area contributed by atoms with Gasteiger partial charge >= 0.3 is 0 Å². The minimum atomic E-state index is 0.215. The van der Waals surface area contributed by atoms with Gasteiger partial charge in [0.1, 0.15) is 23.8 Å². The number of nitrogens with one attached hydrogen (secondary N) is 2. The topological polar surface area (TPSA) is 102 Å². The summed E-state index contributed by atoms with van der Waals surface area (Å²) in [5.74, 6) is 2.16. The Kier molecular flexibility index (Phi) is 3.85. The van der Waals surface area contributed by atoms with E-state index in [2.05, 4.69) is 37.5 Å². The van der Waals surface area contributed by atoms with Gasteiger partial charge in [-0.3, -0.25) is 0 Å². The van der Waals surface area contributed by atoms with E-state index >= 15 is 0 Å². The number of nitrogen functional groups attached to an aromatic ring is 1. The van der Waals surface area contributed by atoms with Crippen LogP contribution in [0.15, 0.2) is 24.7 Å². The Morgan fingerprint density at radius 2 is 2.06 bits per heavy atom. The minimum absolute atomic E-state index is 0.215. The van der Waals surface area contributed by atoms with Crippen LogP contribution in [0.1, 0.15) is 13.3 Å². The van der Waals surface area contributed by atoms with E-state index in [0.717, 1.165) is 13.0 Å². The molecule has 0 aromatic carbocycles. The summed E-state index contributed by atoms with van der Waals surface area (Å²) in [4.78, 5) is 16.1. The van der Waals surface area contributed by atoms with Crippen LogP contribution < -0.4 is 16.4 Å². The van der Waals surface area contributed by atoms with Crippen LogP contribution in [0.25, 0.3) is 0 Å². The number of hydrogen-bond donors (Lipinski definition) is 3. The summed E-state index contributed by atoms with van der Waals surface area (Å²) in [7, 11) is 0. The molecule has 0 saturated heterocycles. The van der Waals surface area contributed by atoms with Crippen molar-refractivity contribution >= 4 is 23.4 Å². The fourth-order valence-electron chi connectivity index (χ4n) is 1.37. The minimum Gasteiger partial charge on any atom is -0.370 e. The standard InChI is InChI=1S/C11H15N7/c1-2-4-14-9-6-10(18-11(12)17-9)16-8-3-5-13-7-15-8/h3,5-7H,2,4H2,1H3,(H4,12,13,14,15,16,17,18). The van der Waals surface area contributed by atoms with Crippen LogP contribution in [0.4, 0.5) is 23.4 Å². The van der Waals surface area contributed by atoms with Crippen molar-refractivity contribution in [2.75, 3.05) is 22.9 Å². The maximum Gasteiger partial charge on any atom is 0.223 e. The van der Waals surface area contributed by atoms with E-state index in [1.807, 2.05) is 0 Å². The van der Waals surface area contributed by atoms with Crippen LogP contribution in [0.3, 0.4) is 0 Å². The lowest BCUT2D eigenvalue weighted by molar-refractivity contribution is 0.966. The third-order valence-corrected chi connectivity index (χ3v) is 2.14. The first-order valence-electron chi connectivity index (χ1n) is 5.69. The van der Waals surface area contributed by atoms with Gasteiger partial charge in [-0.1, -0.05) is 6.92 Å². The highest BCUT2D eigenvalue weighted by Gasteiger charge is 2.02. The highest BCUT2D eigenvalue weighted by molar-refractivity contribution is 5.57. The maximum atomic E-state index is 5.65. The zero-order chi connectivity index (χ0) is 12.8. The van der Waals surface area contributed by atoms with Crippen LogP contribution in [0.2, 0.25) is 0 Å². The predicted molar refractivity (Wildman–Crippen MR) is 70.5 cm³/mol. The van der Waals surface area contributed by atoms with Crippen LogP contribution in [-0.2, 0) is 0 Å². The van der Waals surface area contributed by atoms with Crippen molar-refractivity contribution < 1.29 is 0 Å². The third-order valence-electron chi connectivity index (χ3n) is 2.14. The number of hydrogen-bond acceptors (Lipinski definition) is 7. The summed E-state index contributed by atoms with van der Waals surface area (Å²) in [5.41, 5.74) is 5.65. The lowest BCUT2D eigenvalue weighted by Gasteiger charge is -2.08. The molecule has 0 atom stereocenters. The molecule has 18 heavy (non-hydrogen) atoms. The Morgan fingerprint density at radius 1 is 1.22 bits per heavy atom. The molecule has 0 radical (unpaired) electrons. The quantitative estimate of drug-likeness (QED) is 0.732. The van der Waals surface area contributed by atoms with E-state index in [9.17, 15) is 0 Å². The van der Waals surface area contributed by atoms with Crippen molar-refractivity contribution in [2.45, 2.75) is 13.3 Å². The predicted octanol–water partition coefficient (Wildman–Crippen LogP) is 1.41. The maximum absolute atomic E-state index is 5.65. The van der Waals surface area contributed by atoms with E-state index in [0.29, 0.717) is 17.5 Å². The number of rotatable bonds is 5. The van der Waals surface area contributed by atoms with Gasteiger partial charge in [0, 0.05) is 18.8 Å². The molecule has 0 bridgehead atoms. The molecule has 0 aliphatic heterocycles. The number of nitrogens with zero attached hydrogens (tertiary/aromatic N) is 4. The molecule has 0 fully saturated rings. The van der Waals surface area contributed by atoms with Crippen molar-refractivity contribution in [3.05, 3.63) is 24.7 Å². The second-order valence-electron chi connectivity index (χ2n) is 3.64. The summed E-state index contributed by atoms with van der Waals surface area (Å²) in [6.07, 6.45) is 4.12. The van der Waals surface area contributed by atoms with Gasteiger partial charge in [-0.25, -0.2) is 9.97 Å². The van der Waals surface area contributed by atoms with Gasteiger partial charge in [-0.2, -0.15) is 9.97 Å². The molecule has 0 aliphatic rings. The first-order valence-corrected chi connectivity index (χ1v) is 5.69. The lowest BCUT2D eigenvalue weighted by atomic mass is 10.4. The van der Waals surface area contributed by atoms with Gasteiger partial charge in [0.05, 0.1) is 0 Å².